The van der Waals surface area contributed by atoms with Crippen molar-refractivity contribution in [1.29, 1.82) is 0 Å². The van der Waals surface area contributed by atoms with Gasteiger partial charge in [0.05, 0.1) is 0 Å². The fourth-order valence-corrected chi connectivity index (χ4v) is 2.34. The van der Waals surface area contributed by atoms with E-state index < -0.39 is 18.1 Å². The molecule has 0 radical (unpaired) electrons. The van der Waals surface area contributed by atoms with Gasteiger partial charge in [0.25, 0.3) is 5.91 Å². The Morgan fingerprint density at radius 2 is 1.35 bits per heavy atom. The Kier molecular flexibility index (Phi) is 8.24. The Labute approximate surface area is 176 Å². The highest BCUT2D eigenvalue weighted by atomic mass is 19.4. The molecule has 11 heteroatoms. The molecule has 2 rings (SSSR count). The highest BCUT2D eigenvalue weighted by Gasteiger charge is 2.30. The van der Waals surface area contributed by atoms with Crippen LogP contribution in [-0.2, 0) is 4.79 Å². The van der Waals surface area contributed by atoms with Crippen molar-refractivity contribution in [1.82, 2.24) is 10.6 Å². The van der Waals surface area contributed by atoms with Crippen LogP contribution in [0, 0.1) is 0 Å². The second-order valence-corrected chi connectivity index (χ2v) is 6.19. The molecule has 0 saturated carbocycles. The van der Waals surface area contributed by atoms with Crippen LogP contribution in [0.3, 0.4) is 0 Å². The molecular weight excluding hydrogens is 417 g/mol. The number of amides is 4. The van der Waals surface area contributed by atoms with Gasteiger partial charge in [-0.3, -0.25) is 9.59 Å². The predicted octanol–water partition coefficient (Wildman–Crippen LogP) is 3.49. The van der Waals surface area contributed by atoms with E-state index in [2.05, 4.69) is 26.0 Å². The first kappa shape index (κ1) is 23.5. The van der Waals surface area contributed by atoms with Crippen molar-refractivity contribution < 1.29 is 32.3 Å². The maximum absolute atomic E-state index is 12.2. The summed E-state index contributed by atoms with van der Waals surface area (Å²) in [7, 11) is 0. The van der Waals surface area contributed by atoms with Crippen LogP contribution >= 0.6 is 0 Å². The van der Waals surface area contributed by atoms with E-state index in [0.29, 0.717) is 24.2 Å². The maximum Gasteiger partial charge on any atom is 0.573 e. The summed E-state index contributed by atoms with van der Waals surface area (Å²) in [5.41, 5.74) is 1.03. The van der Waals surface area contributed by atoms with Gasteiger partial charge in [0.15, 0.2) is 0 Å². The zero-order chi connectivity index (χ0) is 22.9. The molecule has 4 N–H and O–H groups in total. The van der Waals surface area contributed by atoms with Crippen molar-refractivity contribution in [2.75, 3.05) is 23.7 Å². The van der Waals surface area contributed by atoms with E-state index in [1.807, 2.05) is 0 Å². The maximum atomic E-state index is 12.2. The van der Waals surface area contributed by atoms with Crippen LogP contribution in [0.5, 0.6) is 5.75 Å². The number of anilines is 2. The third-order valence-corrected chi connectivity index (χ3v) is 3.80. The monoisotopic (exact) mass is 438 g/mol. The Bertz CT molecular complexity index is 900. The van der Waals surface area contributed by atoms with Gasteiger partial charge in [0.1, 0.15) is 5.75 Å². The summed E-state index contributed by atoms with van der Waals surface area (Å²) in [5.74, 6) is -0.837. The zero-order valence-electron chi connectivity index (χ0n) is 16.5. The van der Waals surface area contributed by atoms with Crippen molar-refractivity contribution in [2.45, 2.75) is 19.7 Å². The normalized spacial score (nSPS) is 10.7. The molecule has 0 aliphatic heterocycles. The van der Waals surface area contributed by atoms with Crippen molar-refractivity contribution >= 4 is 29.2 Å². The van der Waals surface area contributed by atoms with Gasteiger partial charge >= 0.3 is 12.4 Å². The zero-order valence-corrected chi connectivity index (χ0v) is 16.5. The average Bonchev–Trinajstić information content (AvgIpc) is 2.71. The fraction of sp³-hybridized carbons (Fsp3) is 0.250. The Morgan fingerprint density at radius 1 is 0.839 bits per heavy atom. The van der Waals surface area contributed by atoms with E-state index in [1.165, 1.54) is 36.4 Å². The summed E-state index contributed by atoms with van der Waals surface area (Å²) in [6, 6.07) is 10.1. The molecule has 0 aromatic heterocycles. The highest BCUT2D eigenvalue weighted by Crippen LogP contribution is 2.24. The van der Waals surface area contributed by atoms with Gasteiger partial charge in [-0.1, -0.05) is 6.92 Å². The van der Waals surface area contributed by atoms with Crippen LogP contribution in [-0.4, -0.2) is 37.3 Å². The van der Waals surface area contributed by atoms with E-state index in [1.54, 1.807) is 6.92 Å². The molecule has 0 bridgehead atoms. The minimum atomic E-state index is -4.79. The fourth-order valence-electron chi connectivity index (χ4n) is 2.34. The molecule has 0 unspecified atom stereocenters. The molecule has 0 saturated heterocycles. The number of alkyl halides is 3. The topological polar surface area (TPSA) is 109 Å². The van der Waals surface area contributed by atoms with E-state index in [4.69, 9.17) is 0 Å². The summed E-state index contributed by atoms with van der Waals surface area (Å²) in [4.78, 5) is 35.2. The summed E-state index contributed by atoms with van der Waals surface area (Å²) in [5, 5.41) is 10.3. The number of ether oxygens (including phenoxy) is 1. The summed E-state index contributed by atoms with van der Waals surface area (Å²) in [6.07, 6.45) is -4.42. The number of urea groups is 1. The molecule has 8 nitrogen and oxygen atoms in total. The van der Waals surface area contributed by atoms with Gasteiger partial charge in [0.2, 0.25) is 5.91 Å². The quantitative estimate of drug-likeness (QED) is 0.473. The number of carbonyl (C=O) groups is 3. The number of benzene rings is 2. The van der Waals surface area contributed by atoms with Crippen LogP contribution in [0.1, 0.15) is 23.7 Å². The second-order valence-electron chi connectivity index (χ2n) is 6.19. The first-order chi connectivity index (χ1) is 14.7. The largest absolute Gasteiger partial charge is 0.573 e. The van der Waals surface area contributed by atoms with E-state index in [0.717, 1.165) is 12.1 Å². The first-order valence-corrected chi connectivity index (χ1v) is 9.25. The standard InChI is InChI=1S/C20H21F3N4O4/c1-2-17(28)24-11-12-25-18(29)13-3-5-14(6-4-13)26-19(30)27-15-7-9-16(10-8-15)31-20(21,22)23/h3-10H,2,11-12H2,1H3,(H,24,28)(H,25,29)(H2,26,27,30). The Balaban J connectivity index is 1.80. The number of rotatable bonds is 8. The summed E-state index contributed by atoms with van der Waals surface area (Å²) in [6.45, 7) is 2.33. The smallest absolute Gasteiger partial charge is 0.406 e. The molecule has 31 heavy (non-hydrogen) atoms. The molecule has 4 amide bonds. The second kappa shape index (κ2) is 10.9. The molecule has 166 valence electrons. The molecule has 2 aromatic rings. The number of nitrogens with one attached hydrogen (secondary N) is 4. The number of halogens is 3. The molecule has 0 fully saturated rings. The van der Waals surface area contributed by atoms with Gasteiger partial charge in [-0.15, -0.1) is 13.2 Å². The Morgan fingerprint density at radius 3 is 1.87 bits per heavy atom. The van der Waals surface area contributed by atoms with Crippen LogP contribution < -0.4 is 26.0 Å². The lowest BCUT2D eigenvalue weighted by Crippen LogP contribution is -2.34. The lowest BCUT2D eigenvalue weighted by atomic mass is 10.2. The van der Waals surface area contributed by atoms with Gasteiger partial charge < -0.3 is 26.0 Å². The molecule has 0 spiro atoms. The lowest BCUT2D eigenvalue weighted by molar-refractivity contribution is -0.274. The first-order valence-electron chi connectivity index (χ1n) is 9.25. The molecule has 0 aliphatic rings. The van der Waals surface area contributed by atoms with E-state index in [9.17, 15) is 27.6 Å². The van der Waals surface area contributed by atoms with Crippen LogP contribution in [0.15, 0.2) is 48.5 Å². The summed E-state index contributed by atoms with van der Waals surface area (Å²) < 4.78 is 40.2. The van der Waals surface area contributed by atoms with Crippen molar-refractivity contribution in [3.63, 3.8) is 0 Å². The molecule has 0 aliphatic carbocycles. The van der Waals surface area contributed by atoms with E-state index in [-0.39, 0.29) is 24.0 Å². The van der Waals surface area contributed by atoms with Crippen LogP contribution in [0.2, 0.25) is 0 Å². The van der Waals surface area contributed by atoms with Crippen LogP contribution in [0.4, 0.5) is 29.3 Å². The minimum Gasteiger partial charge on any atom is -0.406 e. The number of hydrogen-bond acceptors (Lipinski definition) is 4. The number of hydrogen-bond donors (Lipinski definition) is 4. The Hall–Kier alpha value is -3.76. The van der Waals surface area contributed by atoms with Crippen LogP contribution in [0.25, 0.3) is 0 Å². The average molecular weight is 438 g/mol. The van der Waals surface area contributed by atoms with Gasteiger partial charge in [-0.25, -0.2) is 4.79 Å². The van der Waals surface area contributed by atoms with Crippen molar-refractivity contribution in [3.05, 3.63) is 54.1 Å². The van der Waals surface area contributed by atoms with Gasteiger partial charge in [-0.05, 0) is 48.5 Å². The lowest BCUT2D eigenvalue weighted by Gasteiger charge is -2.11. The predicted molar refractivity (Wildman–Crippen MR) is 108 cm³/mol. The molecular formula is C20H21F3N4O4. The van der Waals surface area contributed by atoms with Crippen molar-refractivity contribution in [3.8, 4) is 5.75 Å². The molecule has 0 heterocycles. The molecule has 0 atom stereocenters. The van der Waals surface area contributed by atoms with E-state index >= 15 is 0 Å². The SMILES string of the molecule is CCC(=O)NCCNC(=O)c1ccc(NC(=O)Nc2ccc(OC(F)(F)F)cc2)cc1. The molecule has 2 aromatic carbocycles. The van der Waals surface area contributed by atoms with Gasteiger partial charge in [0, 0.05) is 36.4 Å². The summed E-state index contributed by atoms with van der Waals surface area (Å²) >= 11 is 0. The third-order valence-electron chi connectivity index (χ3n) is 3.80. The minimum absolute atomic E-state index is 0.103. The number of carbonyl (C=O) groups excluding carboxylic acids is 3. The highest BCUT2D eigenvalue weighted by molar-refractivity contribution is 6.00. The van der Waals surface area contributed by atoms with Crippen molar-refractivity contribution in [2.24, 2.45) is 0 Å². The third kappa shape index (κ3) is 8.64. The van der Waals surface area contributed by atoms with Gasteiger partial charge in [-0.2, -0.15) is 0 Å².